The molecule has 1 saturated heterocycles. The van der Waals surface area contributed by atoms with Crippen molar-refractivity contribution in [3.63, 3.8) is 0 Å². The van der Waals surface area contributed by atoms with Gasteiger partial charge in [0.2, 0.25) is 0 Å². The maximum absolute atomic E-state index is 9.94. The Morgan fingerprint density at radius 2 is 2.07 bits per heavy atom. The van der Waals surface area contributed by atoms with Gasteiger partial charge in [0, 0.05) is 20.1 Å². The lowest BCUT2D eigenvalue weighted by atomic mass is 9.88. The second kappa shape index (κ2) is 3.80. The topological polar surface area (TPSA) is 38.7 Å². The fraction of sp³-hybridized carbons (Fsp3) is 1.00. The molecular weight excluding hydrogens is 180 g/mol. The minimum atomic E-state index is -0.435. The van der Waals surface area contributed by atoms with E-state index < -0.39 is 5.60 Å². The van der Waals surface area contributed by atoms with Gasteiger partial charge in [-0.1, -0.05) is 0 Å². The number of hydrogen-bond acceptors (Lipinski definition) is 3. The van der Waals surface area contributed by atoms with Crippen molar-refractivity contribution >= 4 is 0 Å². The molecule has 82 valence electrons. The Balaban J connectivity index is 1.96. The van der Waals surface area contributed by atoms with Crippen LogP contribution in [0.1, 0.15) is 38.5 Å². The Bertz CT molecular complexity index is 187. The number of rotatable bonds is 4. The number of aliphatic hydroxyl groups is 1. The highest BCUT2D eigenvalue weighted by Gasteiger charge is 2.48. The zero-order valence-corrected chi connectivity index (χ0v) is 8.92. The standard InChI is InChI=1S/C11H20O3/c1-13-9-11(4-2-3-7-14-11)8-10(12)5-6-10/h12H,2-9H2,1H3. The van der Waals surface area contributed by atoms with Gasteiger partial charge < -0.3 is 14.6 Å². The van der Waals surface area contributed by atoms with E-state index in [4.69, 9.17) is 9.47 Å². The molecule has 1 heterocycles. The van der Waals surface area contributed by atoms with Crippen molar-refractivity contribution in [2.24, 2.45) is 0 Å². The molecule has 0 bridgehead atoms. The van der Waals surface area contributed by atoms with Crippen molar-refractivity contribution < 1.29 is 14.6 Å². The highest BCUT2D eigenvalue weighted by Crippen LogP contribution is 2.45. The van der Waals surface area contributed by atoms with Crippen LogP contribution in [0.15, 0.2) is 0 Å². The van der Waals surface area contributed by atoms with Crippen LogP contribution < -0.4 is 0 Å². The van der Waals surface area contributed by atoms with Crippen LogP contribution in [0.25, 0.3) is 0 Å². The molecule has 0 radical (unpaired) electrons. The third kappa shape index (κ3) is 2.27. The molecule has 0 aromatic heterocycles. The van der Waals surface area contributed by atoms with Crippen LogP contribution in [0.5, 0.6) is 0 Å². The Labute approximate surface area is 85.4 Å². The average molecular weight is 200 g/mol. The third-order valence-electron chi connectivity index (χ3n) is 3.32. The lowest BCUT2D eigenvalue weighted by Crippen LogP contribution is -2.44. The van der Waals surface area contributed by atoms with Gasteiger partial charge in [0.1, 0.15) is 0 Å². The highest BCUT2D eigenvalue weighted by molar-refractivity contribution is 5.01. The molecule has 3 nitrogen and oxygen atoms in total. The molecule has 1 aliphatic carbocycles. The first-order valence-electron chi connectivity index (χ1n) is 5.53. The summed E-state index contributed by atoms with van der Waals surface area (Å²) >= 11 is 0. The van der Waals surface area contributed by atoms with Crippen LogP contribution in [-0.2, 0) is 9.47 Å². The van der Waals surface area contributed by atoms with Crippen LogP contribution in [0, 0.1) is 0 Å². The van der Waals surface area contributed by atoms with Crippen molar-refractivity contribution in [3.8, 4) is 0 Å². The van der Waals surface area contributed by atoms with Crippen LogP contribution in [0.2, 0.25) is 0 Å². The van der Waals surface area contributed by atoms with Crippen molar-refractivity contribution in [2.75, 3.05) is 20.3 Å². The maximum atomic E-state index is 9.94. The molecule has 1 aliphatic heterocycles. The van der Waals surface area contributed by atoms with E-state index in [1.165, 1.54) is 6.42 Å². The van der Waals surface area contributed by atoms with Crippen molar-refractivity contribution in [2.45, 2.75) is 49.7 Å². The number of ether oxygens (including phenoxy) is 2. The fourth-order valence-electron chi connectivity index (χ4n) is 2.40. The molecule has 2 aliphatic rings. The summed E-state index contributed by atoms with van der Waals surface area (Å²) in [5.74, 6) is 0. The van der Waals surface area contributed by atoms with Crippen molar-refractivity contribution in [1.29, 1.82) is 0 Å². The first-order valence-corrected chi connectivity index (χ1v) is 5.53. The van der Waals surface area contributed by atoms with Crippen molar-refractivity contribution in [1.82, 2.24) is 0 Å². The van der Waals surface area contributed by atoms with Gasteiger partial charge >= 0.3 is 0 Å². The van der Waals surface area contributed by atoms with Gasteiger partial charge in [-0.3, -0.25) is 0 Å². The first kappa shape index (κ1) is 10.4. The molecule has 0 aromatic carbocycles. The van der Waals surface area contributed by atoms with E-state index >= 15 is 0 Å². The van der Waals surface area contributed by atoms with Gasteiger partial charge in [-0.2, -0.15) is 0 Å². The molecule has 14 heavy (non-hydrogen) atoms. The van der Waals surface area contributed by atoms with E-state index in [-0.39, 0.29) is 5.60 Å². The molecule has 1 N–H and O–H groups in total. The second-order valence-electron chi connectivity index (χ2n) is 4.82. The largest absolute Gasteiger partial charge is 0.390 e. The molecule has 0 aromatic rings. The van der Waals surface area contributed by atoms with E-state index in [2.05, 4.69) is 0 Å². The number of methoxy groups -OCH3 is 1. The van der Waals surface area contributed by atoms with Gasteiger partial charge in [0.15, 0.2) is 0 Å². The molecule has 0 amide bonds. The first-order chi connectivity index (χ1) is 6.68. The maximum Gasteiger partial charge on any atom is 0.0941 e. The minimum Gasteiger partial charge on any atom is -0.390 e. The predicted octanol–water partition coefficient (Wildman–Crippen LogP) is 1.49. The molecule has 1 saturated carbocycles. The predicted molar refractivity (Wildman–Crippen MR) is 53.2 cm³/mol. The molecule has 3 heteroatoms. The van der Waals surface area contributed by atoms with E-state index in [0.29, 0.717) is 6.61 Å². The van der Waals surface area contributed by atoms with E-state index in [0.717, 1.165) is 38.7 Å². The highest BCUT2D eigenvalue weighted by atomic mass is 16.5. The summed E-state index contributed by atoms with van der Waals surface area (Å²) in [4.78, 5) is 0. The summed E-state index contributed by atoms with van der Waals surface area (Å²) in [6.45, 7) is 1.44. The lowest BCUT2D eigenvalue weighted by Gasteiger charge is -2.38. The molecule has 1 atom stereocenters. The average Bonchev–Trinajstić information content (AvgIpc) is 2.84. The Kier molecular flexibility index (Phi) is 2.82. The van der Waals surface area contributed by atoms with Crippen LogP contribution in [-0.4, -0.2) is 36.6 Å². The summed E-state index contributed by atoms with van der Waals surface area (Å²) in [6.07, 6.45) is 5.99. The second-order valence-corrected chi connectivity index (χ2v) is 4.82. The zero-order valence-electron chi connectivity index (χ0n) is 8.92. The summed E-state index contributed by atoms with van der Waals surface area (Å²) in [7, 11) is 1.71. The van der Waals surface area contributed by atoms with E-state index in [1.54, 1.807) is 7.11 Å². The quantitative estimate of drug-likeness (QED) is 0.747. The van der Waals surface area contributed by atoms with E-state index in [1.807, 2.05) is 0 Å². The Morgan fingerprint density at radius 1 is 1.29 bits per heavy atom. The minimum absolute atomic E-state index is 0.196. The monoisotopic (exact) mass is 200 g/mol. The van der Waals surface area contributed by atoms with Crippen LogP contribution in [0.3, 0.4) is 0 Å². The summed E-state index contributed by atoms with van der Waals surface area (Å²) in [6, 6.07) is 0. The Morgan fingerprint density at radius 3 is 2.57 bits per heavy atom. The normalized spacial score (nSPS) is 35.6. The van der Waals surface area contributed by atoms with Gasteiger partial charge in [-0.15, -0.1) is 0 Å². The smallest absolute Gasteiger partial charge is 0.0941 e. The van der Waals surface area contributed by atoms with Crippen molar-refractivity contribution in [3.05, 3.63) is 0 Å². The van der Waals surface area contributed by atoms with Gasteiger partial charge in [-0.05, 0) is 32.1 Å². The lowest BCUT2D eigenvalue weighted by molar-refractivity contribution is -0.138. The summed E-state index contributed by atoms with van der Waals surface area (Å²) in [5, 5.41) is 9.94. The third-order valence-corrected chi connectivity index (χ3v) is 3.32. The SMILES string of the molecule is COCC1(CC2(O)CC2)CCCCO1. The fourth-order valence-corrected chi connectivity index (χ4v) is 2.40. The van der Waals surface area contributed by atoms with Gasteiger partial charge in [-0.25, -0.2) is 0 Å². The van der Waals surface area contributed by atoms with E-state index in [9.17, 15) is 5.11 Å². The zero-order chi connectivity index (χ0) is 10.1. The van der Waals surface area contributed by atoms with Gasteiger partial charge in [0.05, 0.1) is 17.8 Å². The summed E-state index contributed by atoms with van der Waals surface area (Å²) in [5.41, 5.74) is -0.631. The molecular formula is C11H20O3. The number of hydrogen-bond donors (Lipinski definition) is 1. The Hall–Kier alpha value is -0.120. The molecule has 1 unspecified atom stereocenters. The molecule has 2 fully saturated rings. The van der Waals surface area contributed by atoms with Gasteiger partial charge in [0.25, 0.3) is 0 Å². The molecule has 2 rings (SSSR count). The van der Waals surface area contributed by atoms with Crippen LogP contribution >= 0.6 is 0 Å². The molecule has 0 spiro atoms. The summed E-state index contributed by atoms with van der Waals surface area (Å²) < 4.78 is 11.1. The van der Waals surface area contributed by atoms with Crippen LogP contribution in [0.4, 0.5) is 0 Å².